The van der Waals surface area contributed by atoms with E-state index in [-0.39, 0.29) is 5.91 Å². The van der Waals surface area contributed by atoms with Gasteiger partial charge in [-0.05, 0) is 37.0 Å². The minimum atomic E-state index is 0.0676. The van der Waals surface area contributed by atoms with Crippen LogP contribution in [0.1, 0.15) is 25.0 Å². The summed E-state index contributed by atoms with van der Waals surface area (Å²) in [4.78, 5) is 16.5. The maximum atomic E-state index is 11.8. The first-order chi connectivity index (χ1) is 9.97. The summed E-state index contributed by atoms with van der Waals surface area (Å²) < 4.78 is 0. The molecule has 1 aromatic carbocycles. The summed E-state index contributed by atoms with van der Waals surface area (Å²) in [6.45, 7) is 9.06. The molecular formula is C17H22N2OS. The Hall–Kier alpha value is -1.55. The molecule has 1 aromatic heterocycles. The topological polar surface area (TPSA) is 42.0 Å². The summed E-state index contributed by atoms with van der Waals surface area (Å²) in [5.74, 6) is 0.956. The van der Waals surface area contributed by atoms with Crippen molar-refractivity contribution in [2.24, 2.45) is 5.92 Å². The molecule has 21 heavy (non-hydrogen) atoms. The van der Waals surface area contributed by atoms with Gasteiger partial charge in [0.25, 0.3) is 0 Å². The van der Waals surface area contributed by atoms with Crippen molar-refractivity contribution in [1.82, 2.24) is 10.3 Å². The molecule has 0 unspecified atom stereocenters. The third-order valence-corrected chi connectivity index (χ3v) is 4.19. The Morgan fingerprint density at radius 3 is 2.76 bits per heavy atom. The first kappa shape index (κ1) is 15.8. The lowest BCUT2D eigenvalue weighted by Gasteiger charge is -2.09. The number of carbonyl (C=O) groups excluding carboxylic acids is 1. The average molecular weight is 302 g/mol. The second kappa shape index (κ2) is 6.94. The highest BCUT2D eigenvalue weighted by atomic mass is 32.2. The van der Waals surface area contributed by atoms with E-state index >= 15 is 0 Å². The van der Waals surface area contributed by atoms with Crippen LogP contribution in [0.25, 0.3) is 10.9 Å². The number of nitrogens with zero attached hydrogens (tertiary/aromatic N) is 1. The standard InChI is InChI=1S/C17H22N2OS/c1-11(2)9-18-15(20)10-21-16-8-13(4)14-7-5-6-12(3)17(14)19-16/h5-8,11H,9-10H2,1-4H3,(H,18,20). The SMILES string of the molecule is Cc1cc(SCC(=O)NCC(C)C)nc2c(C)cccc12. The zero-order valence-corrected chi connectivity index (χ0v) is 13.9. The minimum absolute atomic E-state index is 0.0676. The molecule has 0 fully saturated rings. The zero-order chi connectivity index (χ0) is 15.4. The summed E-state index contributed by atoms with van der Waals surface area (Å²) in [6.07, 6.45) is 0. The first-order valence-corrected chi connectivity index (χ1v) is 8.22. The molecule has 4 heteroatoms. The Balaban J connectivity index is 2.09. The molecule has 0 aliphatic heterocycles. The van der Waals surface area contributed by atoms with Crippen LogP contribution in [0.15, 0.2) is 29.3 Å². The molecule has 0 saturated heterocycles. The lowest BCUT2D eigenvalue weighted by atomic mass is 10.1. The maximum absolute atomic E-state index is 11.8. The minimum Gasteiger partial charge on any atom is -0.355 e. The monoisotopic (exact) mass is 302 g/mol. The molecule has 2 aromatic rings. The van der Waals surface area contributed by atoms with Crippen LogP contribution in [0.2, 0.25) is 0 Å². The number of rotatable bonds is 5. The van der Waals surface area contributed by atoms with E-state index in [4.69, 9.17) is 0 Å². The van der Waals surface area contributed by atoms with Gasteiger partial charge in [-0.25, -0.2) is 4.98 Å². The van der Waals surface area contributed by atoms with Crippen LogP contribution < -0.4 is 5.32 Å². The number of amides is 1. The van der Waals surface area contributed by atoms with E-state index in [0.717, 1.165) is 17.1 Å². The van der Waals surface area contributed by atoms with Crippen molar-refractivity contribution in [3.05, 3.63) is 35.4 Å². The molecule has 0 atom stereocenters. The molecule has 112 valence electrons. The van der Waals surface area contributed by atoms with Gasteiger partial charge in [0.2, 0.25) is 5.91 Å². The molecule has 0 aliphatic carbocycles. The normalized spacial score (nSPS) is 11.1. The molecule has 1 N–H and O–H groups in total. The van der Waals surface area contributed by atoms with Gasteiger partial charge in [-0.2, -0.15) is 0 Å². The van der Waals surface area contributed by atoms with E-state index in [2.05, 4.69) is 62.3 Å². The van der Waals surface area contributed by atoms with Crippen LogP contribution in [0.3, 0.4) is 0 Å². The van der Waals surface area contributed by atoms with Gasteiger partial charge in [0.15, 0.2) is 0 Å². The Kier molecular flexibility index (Phi) is 5.23. The molecule has 0 bridgehead atoms. The van der Waals surface area contributed by atoms with E-state index in [1.54, 1.807) is 0 Å². The van der Waals surface area contributed by atoms with Crippen molar-refractivity contribution < 1.29 is 4.79 Å². The highest BCUT2D eigenvalue weighted by Gasteiger charge is 2.08. The summed E-state index contributed by atoms with van der Waals surface area (Å²) in [6, 6.07) is 8.27. The quantitative estimate of drug-likeness (QED) is 0.856. The number of aryl methyl sites for hydroxylation is 2. The van der Waals surface area contributed by atoms with Crippen molar-refractivity contribution in [2.75, 3.05) is 12.3 Å². The molecule has 3 nitrogen and oxygen atoms in total. The van der Waals surface area contributed by atoms with E-state index in [1.165, 1.54) is 28.3 Å². The van der Waals surface area contributed by atoms with Gasteiger partial charge in [0.1, 0.15) is 0 Å². The van der Waals surface area contributed by atoms with Crippen LogP contribution in [0.4, 0.5) is 0 Å². The van der Waals surface area contributed by atoms with Gasteiger partial charge in [0, 0.05) is 11.9 Å². The third kappa shape index (κ3) is 4.21. The second-order valence-electron chi connectivity index (χ2n) is 5.74. The lowest BCUT2D eigenvalue weighted by molar-refractivity contribution is -0.118. The number of aromatic nitrogens is 1. The number of para-hydroxylation sites is 1. The highest BCUT2D eigenvalue weighted by molar-refractivity contribution is 7.99. The molecule has 1 amide bonds. The van der Waals surface area contributed by atoms with Crippen molar-refractivity contribution in [1.29, 1.82) is 0 Å². The Bertz CT molecular complexity index is 653. The maximum Gasteiger partial charge on any atom is 0.230 e. The number of pyridine rings is 1. The largest absolute Gasteiger partial charge is 0.355 e. The number of benzene rings is 1. The van der Waals surface area contributed by atoms with Gasteiger partial charge in [-0.3, -0.25) is 4.79 Å². The number of fused-ring (bicyclic) bond motifs is 1. The van der Waals surface area contributed by atoms with Gasteiger partial charge in [-0.15, -0.1) is 0 Å². The molecule has 0 aliphatic rings. The fourth-order valence-corrected chi connectivity index (χ4v) is 2.91. The molecular weight excluding hydrogens is 280 g/mol. The number of thioether (sulfide) groups is 1. The van der Waals surface area contributed by atoms with Gasteiger partial charge in [-0.1, -0.05) is 43.8 Å². The summed E-state index contributed by atoms with van der Waals surface area (Å²) in [5.41, 5.74) is 3.40. The Labute approximate surface area is 130 Å². The Morgan fingerprint density at radius 1 is 1.29 bits per heavy atom. The van der Waals surface area contributed by atoms with Gasteiger partial charge < -0.3 is 5.32 Å². The molecule has 1 heterocycles. The first-order valence-electron chi connectivity index (χ1n) is 7.24. The van der Waals surface area contributed by atoms with Crippen molar-refractivity contribution in [3.63, 3.8) is 0 Å². The van der Waals surface area contributed by atoms with E-state index in [1.807, 2.05) is 0 Å². The van der Waals surface area contributed by atoms with Crippen LogP contribution in [-0.4, -0.2) is 23.2 Å². The molecule has 0 saturated carbocycles. The van der Waals surface area contributed by atoms with E-state index in [9.17, 15) is 4.79 Å². The van der Waals surface area contributed by atoms with Crippen molar-refractivity contribution >= 4 is 28.6 Å². The number of hydrogen-bond acceptors (Lipinski definition) is 3. The van der Waals surface area contributed by atoms with Gasteiger partial charge in [0.05, 0.1) is 16.3 Å². The van der Waals surface area contributed by atoms with Crippen LogP contribution in [0, 0.1) is 19.8 Å². The predicted molar refractivity (Wildman–Crippen MR) is 89.8 cm³/mol. The lowest BCUT2D eigenvalue weighted by Crippen LogP contribution is -2.28. The molecule has 0 spiro atoms. The molecule has 2 rings (SSSR count). The van der Waals surface area contributed by atoms with Crippen molar-refractivity contribution in [3.8, 4) is 0 Å². The highest BCUT2D eigenvalue weighted by Crippen LogP contribution is 2.25. The number of hydrogen-bond donors (Lipinski definition) is 1. The van der Waals surface area contributed by atoms with Crippen LogP contribution >= 0.6 is 11.8 Å². The number of nitrogens with one attached hydrogen (secondary N) is 1. The summed E-state index contributed by atoms with van der Waals surface area (Å²) >= 11 is 1.49. The van der Waals surface area contributed by atoms with E-state index in [0.29, 0.717) is 11.7 Å². The van der Waals surface area contributed by atoms with Gasteiger partial charge >= 0.3 is 0 Å². The summed E-state index contributed by atoms with van der Waals surface area (Å²) in [7, 11) is 0. The third-order valence-electron chi connectivity index (χ3n) is 3.28. The smallest absolute Gasteiger partial charge is 0.230 e. The second-order valence-corrected chi connectivity index (χ2v) is 6.73. The number of carbonyl (C=O) groups is 1. The molecule has 0 radical (unpaired) electrons. The van der Waals surface area contributed by atoms with Crippen molar-refractivity contribution in [2.45, 2.75) is 32.7 Å². The zero-order valence-electron chi connectivity index (χ0n) is 13.1. The Morgan fingerprint density at radius 2 is 2.05 bits per heavy atom. The van der Waals surface area contributed by atoms with Crippen LogP contribution in [-0.2, 0) is 4.79 Å². The van der Waals surface area contributed by atoms with Crippen LogP contribution in [0.5, 0.6) is 0 Å². The fraction of sp³-hybridized carbons (Fsp3) is 0.412. The fourth-order valence-electron chi connectivity index (χ4n) is 2.11. The summed E-state index contributed by atoms with van der Waals surface area (Å²) in [5, 5.41) is 5.02. The average Bonchev–Trinajstić information content (AvgIpc) is 2.44. The predicted octanol–water partition coefficient (Wildman–Crippen LogP) is 3.72. The van der Waals surface area contributed by atoms with E-state index < -0.39 is 0 Å².